The highest BCUT2D eigenvalue weighted by atomic mass is 79.9. The van der Waals surface area contributed by atoms with Gasteiger partial charge in [-0.25, -0.2) is 0 Å². The quantitative estimate of drug-likeness (QED) is 0.886. The average molecular weight is 353 g/mol. The highest BCUT2D eigenvalue weighted by Crippen LogP contribution is 2.44. The number of halogens is 1. The Kier molecular flexibility index (Phi) is 4.73. The zero-order valence-electron chi connectivity index (χ0n) is 12.1. The summed E-state index contributed by atoms with van der Waals surface area (Å²) in [4.78, 5) is 11.1. The third-order valence-electron chi connectivity index (χ3n) is 3.49. The molecule has 0 saturated carbocycles. The molecule has 0 amide bonds. The molecule has 0 bridgehead atoms. The van der Waals surface area contributed by atoms with Crippen LogP contribution in [0, 0.1) is 5.92 Å². The highest BCUT2D eigenvalue weighted by Gasteiger charge is 2.22. The summed E-state index contributed by atoms with van der Waals surface area (Å²) >= 11 is 3.53. The first-order chi connectivity index (χ1) is 10.0. The number of aliphatic carboxylic acids is 1. The third kappa shape index (κ3) is 2.83. The summed E-state index contributed by atoms with van der Waals surface area (Å²) in [5, 5.41) is 11.0. The molecule has 5 heteroatoms. The number of methoxy groups -OCH3 is 2. The van der Waals surface area contributed by atoms with Gasteiger partial charge < -0.3 is 14.6 Å². The summed E-state index contributed by atoms with van der Waals surface area (Å²) in [6, 6.07) is 7.74. The molecular formula is C16H17BrO4. The van der Waals surface area contributed by atoms with Gasteiger partial charge in [0.05, 0.1) is 24.6 Å². The van der Waals surface area contributed by atoms with Gasteiger partial charge in [-0.05, 0) is 22.4 Å². The average Bonchev–Trinajstić information content (AvgIpc) is 2.48. The number of ether oxygens (including phenoxy) is 2. The molecule has 4 nitrogen and oxygen atoms in total. The van der Waals surface area contributed by atoms with Crippen LogP contribution in [-0.2, 0) is 11.2 Å². The lowest BCUT2D eigenvalue weighted by atomic mass is 9.96. The van der Waals surface area contributed by atoms with Crippen molar-refractivity contribution in [2.45, 2.75) is 13.3 Å². The molecule has 0 unspecified atom stereocenters. The minimum atomic E-state index is -0.837. The van der Waals surface area contributed by atoms with Crippen LogP contribution in [0.25, 0.3) is 10.8 Å². The van der Waals surface area contributed by atoms with E-state index in [2.05, 4.69) is 15.9 Å². The number of carboxylic acids is 1. The smallest absolute Gasteiger partial charge is 0.306 e. The van der Waals surface area contributed by atoms with E-state index >= 15 is 0 Å². The second-order valence-corrected chi connectivity index (χ2v) is 5.64. The van der Waals surface area contributed by atoms with E-state index in [1.54, 1.807) is 21.1 Å². The molecule has 0 radical (unpaired) electrons. The summed E-state index contributed by atoms with van der Waals surface area (Å²) in [5.74, 6) is 0.0301. The molecule has 2 aromatic carbocycles. The van der Waals surface area contributed by atoms with Crippen LogP contribution in [0.2, 0.25) is 0 Å². The van der Waals surface area contributed by atoms with Crippen LogP contribution in [0.3, 0.4) is 0 Å². The molecule has 0 heterocycles. The van der Waals surface area contributed by atoms with Gasteiger partial charge in [-0.2, -0.15) is 0 Å². The SMILES string of the molecule is COc1c(Br)c(C[C@@H](C)C(=O)O)c(OC)c2ccccc12. The maximum absolute atomic E-state index is 11.1. The molecular weight excluding hydrogens is 336 g/mol. The monoisotopic (exact) mass is 352 g/mol. The Hall–Kier alpha value is -1.75. The van der Waals surface area contributed by atoms with Crippen molar-refractivity contribution in [1.82, 2.24) is 0 Å². The molecule has 2 aromatic rings. The van der Waals surface area contributed by atoms with E-state index in [0.29, 0.717) is 17.9 Å². The standard InChI is InChI=1S/C16H17BrO4/c1-9(16(18)19)8-12-13(17)15(21-3)11-7-5-4-6-10(11)14(12)20-2/h4-7,9H,8H2,1-3H3,(H,18,19)/t9-/m1/s1. The number of rotatable bonds is 5. The summed E-state index contributed by atoms with van der Waals surface area (Å²) in [6.45, 7) is 1.68. The molecule has 1 atom stereocenters. The Balaban J connectivity index is 2.73. The second-order valence-electron chi connectivity index (χ2n) is 4.85. The highest BCUT2D eigenvalue weighted by molar-refractivity contribution is 9.10. The lowest BCUT2D eigenvalue weighted by Gasteiger charge is -2.19. The van der Waals surface area contributed by atoms with Crippen molar-refractivity contribution in [2.24, 2.45) is 5.92 Å². The molecule has 0 aliphatic rings. The lowest BCUT2D eigenvalue weighted by molar-refractivity contribution is -0.141. The molecule has 0 aliphatic heterocycles. The number of carboxylic acid groups (broad SMARTS) is 1. The van der Waals surface area contributed by atoms with E-state index < -0.39 is 11.9 Å². The van der Waals surface area contributed by atoms with Crippen LogP contribution in [-0.4, -0.2) is 25.3 Å². The molecule has 21 heavy (non-hydrogen) atoms. The lowest BCUT2D eigenvalue weighted by Crippen LogP contribution is -2.13. The zero-order chi connectivity index (χ0) is 15.6. The first kappa shape index (κ1) is 15.6. The fraction of sp³-hybridized carbons (Fsp3) is 0.312. The summed E-state index contributed by atoms with van der Waals surface area (Å²) in [7, 11) is 3.19. The van der Waals surface area contributed by atoms with Crippen molar-refractivity contribution in [3.05, 3.63) is 34.3 Å². The molecule has 112 valence electrons. The van der Waals surface area contributed by atoms with Crippen LogP contribution < -0.4 is 9.47 Å². The van der Waals surface area contributed by atoms with Crippen LogP contribution >= 0.6 is 15.9 Å². The number of hydrogen-bond donors (Lipinski definition) is 1. The predicted molar refractivity (Wildman–Crippen MR) is 85.3 cm³/mol. The topological polar surface area (TPSA) is 55.8 Å². The zero-order valence-corrected chi connectivity index (χ0v) is 13.7. The molecule has 2 rings (SSSR count). The van der Waals surface area contributed by atoms with E-state index in [-0.39, 0.29) is 0 Å². The fourth-order valence-corrected chi connectivity index (χ4v) is 3.12. The van der Waals surface area contributed by atoms with Crippen molar-refractivity contribution in [2.75, 3.05) is 14.2 Å². The van der Waals surface area contributed by atoms with Crippen molar-refractivity contribution in [3.63, 3.8) is 0 Å². The van der Waals surface area contributed by atoms with Gasteiger partial charge in [0.2, 0.25) is 0 Å². The van der Waals surface area contributed by atoms with Crippen molar-refractivity contribution < 1.29 is 19.4 Å². The Labute approximate surface area is 131 Å². The van der Waals surface area contributed by atoms with Crippen LogP contribution in [0.15, 0.2) is 28.7 Å². The van der Waals surface area contributed by atoms with Gasteiger partial charge >= 0.3 is 5.97 Å². The van der Waals surface area contributed by atoms with Crippen molar-refractivity contribution in [1.29, 1.82) is 0 Å². The molecule has 0 saturated heterocycles. The summed E-state index contributed by atoms with van der Waals surface area (Å²) < 4.78 is 11.8. The van der Waals surface area contributed by atoms with Crippen LogP contribution in [0.4, 0.5) is 0 Å². The fourth-order valence-electron chi connectivity index (χ4n) is 2.41. The third-order valence-corrected chi connectivity index (χ3v) is 4.33. The summed E-state index contributed by atoms with van der Waals surface area (Å²) in [5.41, 5.74) is 0.808. The normalized spacial score (nSPS) is 12.2. The number of hydrogen-bond acceptors (Lipinski definition) is 3. The molecule has 0 fully saturated rings. The number of fused-ring (bicyclic) bond motifs is 1. The number of carbonyl (C=O) groups is 1. The van der Waals surface area contributed by atoms with Gasteiger partial charge in [-0.15, -0.1) is 0 Å². The Morgan fingerprint density at radius 3 is 2.19 bits per heavy atom. The van der Waals surface area contributed by atoms with Crippen LogP contribution in [0.5, 0.6) is 11.5 Å². The second kappa shape index (κ2) is 6.35. The van der Waals surface area contributed by atoms with E-state index in [1.807, 2.05) is 24.3 Å². The van der Waals surface area contributed by atoms with E-state index in [0.717, 1.165) is 20.8 Å². The van der Waals surface area contributed by atoms with Gasteiger partial charge in [0.15, 0.2) is 0 Å². The number of benzene rings is 2. The molecule has 1 N–H and O–H groups in total. The maximum atomic E-state index is 11.1. The molecule has 0 spiro atoms. The van der Waals surface area contributed by atoms with E-state index in [1.165, 1.54) is 0 Å². The Bertz CT molecular complexity index is 682. The van der Waals surface area contributed by atoms with Crippen molar-refractivity contribution >= 4 is 32.7 Å². The van der Waals surface area contributed by atoms with E-state index in [9.17, 15) is 4.79 Å². The first-order valence-corrected chi connectivity index (χ1v) is 7.34. The van der Waals surface area contributed by atoms with Crippen LogP contribution in [0.1, 0.15) is 12.5 Å². The predicted octanol–water partition coefficient (Wildman–Crippen LogP) is 3.88. The van der Waals surface area contributed by atoms with Gasteiger partial charge in [0.25, 0.3) is 0 Å². The minimum Gasteiger partial charge on any atom is -0.496 e. The minimum absolute atomic E-state index is 0.361. The van der Waals surface area contributed by atoms with Gasteiger partial charge in [-0.3, -0.25) is 4.79 Å². The van der Waals surface area contributed by atoms with E-state index in [4.69, 9.17) is 14.6 Å². The van der Waals surface area contributed by atoms with Gasteiger partial charge in [0, 0.05) is 16.3 Å². The summed E-state index contributed by atoms with van der Waals surface area (Å²) in [6.07, 6.45) is 0.361. The first-order valence-electron chi connectivity index (χ1n) is 6.55. The molecule has 0 aliphatic carbocycles. The van der Waals surface area contributed by atoms with Crippen molar-refractivity contribution in [3.8, 4) is 11.5 Å². The Morgan fingerprint density at radius 2 is 1.71 bits per heavy atom. The van der Waals surface area contributed by atoms with Gasteiger partial charge in [-0.1, -0.05) is 31.2 Å². The molecule has 0 aromatic heterocycles. The maximum Gasteiger partial charge on any atom is 0.306 e. The Morgan fingerprint density at radius 1 is 1.19 bits per heavy atom. The largest absolute Gasteiger partial charge is 0.496 e. The van der Waals surface area contributed by atoms with Gasteiger partial charge in [0.1, 0.15) is 11.5 Å².